The van der Waals surface area contributed by atoms with Gasteiger partial charge < -0.3 is 4.90 Å². The van der Waals surface area contributed by atoms with Crippen molar-refractivity contribution in [3.05, 3.63) is 72.2 Å². The van der Waals surface area contributed by atoms with E-state index >= 15 is 0 Å². The number of hydrogen-bond donors (Lipinski definition) is 0. The minimum Gasteiger partial charge on any atom is -0.356 e. The summed E-state index contributed by atoms with van der Waals surface area (Å²) in [7, 11) is 0. The molecule has 4 nitrogen and oxygen atoms in total. The normalized spacial score (nSPS) is 15.2. The summed E-state index contributed by atoms with van der Waals surface area (Å²) in [6.45, 7) is 4.16. The van der Waals surface area contributed by atoms with E-state index in [1.807, 2.05) is 19.1 Å². The Kier molecular flexibility index (Phi) is 4.91. The number of rotatable bonds is 4. The molecule has 1 aliphatic rings. The highest BCUT2D eigenvalue weighted by Crippen LogP contribution is 2.26. The van der Waals surface area contributed by atoms with E-state index in [1.54, 1.807) is 12.4 Å². The van der Waals surface area contributed by atoms with Crippen molar-refractivity contribution in [2.45, 2.75) is 26.2 Å². The smallest absolute Gasteiger partial charge is 0.161 e. The Morgan fingerprint density at radius 2 is 1.69 bits per heavy atom. The number of aromatic nitrogens is 3. The van der Waals surface area contributed by atoms with Crippen LogP contribution in [0.5, 0.6) is 0 Å². The third-order valence-electron chi connectivity index (χ3n) is 5.08. The van der Waals surface area contributed by atoms with Crippen molar-refractivity contribution in [3.63, 3.8) is 0 Å². The summed E-state index contributed by atoms with van der Waals surface area (Å²) < 4.78 is 0. The lowest BCUT2D eigenvalue weighted by atomic mass is 9.90. The molecule has 0 unspecified atom stereocenters. The van der Waals surface area contributed by atoms with Gasteiger partial charge in [-0.25, -0.2) is 9.97 Å². The fourth-order valence-corrected chi connectivity index (χ4v) is 3.66. The molecular formula is C22H24N4. The first-order valence-electron chi connectivity index (χ1n) is 9.33. The molecular weight excluding hydrogens is 320 g/mol. The Morgan fingerprint density at radius 3 is 2.42 bits per heavy atom. The van der Waals surface area contributed by atoms with Gasteiger partial charge in [0.2, 0.25) is 0 Å². The topological polar surface area (TPSA) is 41.9 Å². The van der Waals surface area contributed by atoms with Crippen LogP contribution in [0.2, 0.25) is 0 Å². The van der Waals surface area contributed by atoms with Gasteiger partial charge in [-0.3, -0.25) is 4.98 Å². The van der Waals surface area contributed by atoms with Crippen LogP contribution in [0, 0.1) is 12.8 Å². The van der Waals surface area contributed by atoms with Crippen molar-refractivity contribution in [2.75, 3.05) is 18.0 Å². The van der Waals surface area contributed by atoms with E-state index in [4.69, 9.17) is 4.98 Å². The monoisotopic (exact) mass is 344 g/mol. The van der Waals surface area contributed by atoms with Gasteiger partial charge in [0.05, 0.1) is 0 Å². The van der Waals surface area contributed by atoms with Crippen LogP contribution in [0.1, 0.15) is 24.1 Å². The van der Waals surface area contributed by atoms with Gasteiger partial charge in [-0.15, -0.1) is 0 Å². The van der Waals surface area contributed by atoms with Crippen LogP contribution in [0.15, 0.2) is 60.9 Å². The van der Waals surface area contributed by atoms with E-state index in [1.165, 1.54) is 24.8 Å². The molecule has 3 aromatic rings. The second-order valence-corrected chi connectivity index (χ2v) is 7.05. The first-order chi connectivity index (χ1) is 12.8. The molecule has 0 atom stereocenters. The molecule has 4 rings (SSSR count). The number of pyridine rings is 1. The number of nitrogens with zero attached hydrogens (tertiary/aromatic N) is 4. The predicted octanol–water partition coefficient (Wildman–Crippen LogP) is 4.31. The molecule has 1 aromatic carbocycles. The highest BCUT2D eigenvalue weighted by molar-refractivity contribution is 5.57. The number of benzene rings is 1. The maximum absolute atomic E-state index is 4.82. The average molecular weight is 344 g/mol. The predicted molar refractivity (Wildman–Crippen MR) is 105 cm³/mol. The van der Waals surface area contributed by atoms with Gasteiger partial charge >= 0.3 is 0 Å². The first-order valence-corrected chi connectivity index (χ1v) is 9.33. The molecule has 0 N–H and O–H groups in total. The molecule has 2 aromatic heterocycles. The van der Waals surface area contributed by atoms with Gasteiger partial charge in [0.15, 0.2) is 5.82 Å². The van der Waals surface area contributed by atoms with Crippen LogP contribution in [-0.2, 0) is 6.42 Å². The molecule has 4 heteroatoms. The molecule has 0 spiro atoms. The minimum absolute atomic E-state index is 0.760. The average Bonchev–Trinajstić information content (AvgIpc) is 2.70. The molecule has 0 radical (unpaired) electrons. The second-order valence-electron chi connectivity index (χ2n) is 7.05. The number of anilines is 1. The van der Waals surface area contributed by atoms with Crippen molar-refractivity contribution in [3.8, 4) is 11.4 Å². The lowest BCUT2D eigenvalue weighted by Crippen LogP contribution is -2.35. The zero-order chi connectivity index (χ0) is 17.8. The molecule has 26 heavy (non-hydrogen) atoms. The fourth-order valence-electron chi connectivity index (χ4n) is 3.66. The number of piperidine rings is 1. The fraction of sp³-hybridized carbons (Fsp3) is 0.318. The maximum atomic E-state index is 4.82. The number of aryl methyl sites for hydroxylation is 1. The first kappa shape index (κ1) is 16.7. The molecule has 3 heterocycles. The van der Waals surface area contributed by atoms with Crippen LogP contribution in [-0.4, -0.2) is 28.0 Å². The molecule has 0 bridgehead atoms. The van der Waals surface area contributed by atoms with E-state index in [2.05, 4.69) is 51.3 Å². The Morgan fingerprint density at radius 1 is 0.962 bits per heavy atom. The van der Waals surface area contributed by atoms with Gasteiger partial charge in [0.25, 0.3) is 0 Å². The van der Waals surface area contributed by atoms with Gasteiger partial charge in [-0.1, -0.05) is 30.3 Å². The molecule has 0 aliphatic carbocycles. The van der Waals surface area contributed by atoms with Crippen LogP contribution < -0.4 is 4.90 Å². The van der Waals surface area contributed by atoms with Crippen molar-refractivity contribution in [1.82, 2.24) is 15.0 Å². The second kappa shape index (κ2) is 7.65. The van der Waals surface area contributed by atoms with Crippen LogP contribution in [0.25, 0.3) is 11.4 Å². The van der Waals surface area contributed by atoms with Crippen LogP contribution in [0.3, 0.4) is 0 Å². The van der Waals surface area contributed by atoms with Crippen molar-refractivity contribution in [1.29, 1.82) is 0 Å². The molecule has 0 saturated carbocycles. The summed E-state index contributed by atoms with van der Waals surface area (Å²) in [6.07, 6.45) is 7.18. The van der Waals surface area contributed by atoms with Crippen molar-refractivity contribution in [2.24, 2.45) is 5.92 Å². The summed E-state index contributed by atoms with van der Waals surface area (Å²) in [6, 6.07) is 16.9. The van der Waals surface area contributed by atoms with E-state index in [9.17, 15) is 0 Å². The van der Waals surface area contributed by atoms with Crippen molar-refractivity contribution >= 4 is 5.82 Å². The third-order valence-corrected chi connectivity index (χ3v) is 5.08. The quantitative estimate of drug-likeness (QED) is 0.707. The zero-order valence-corrected chi connectivity index (χ0v) is 15.2. The van der Waals surface area contributed by atoms with Gasteiger partial charge in [0.1, 0.15) is 5.82 Å². The summed E-state index contributed by atoms with van der Waals surface area (Å²) in [5, 5.41) is 0. The Balaban J connectivity index is 1.45. The molecule has 1 aliphatic heterocycles. The summed E-state index contributed by atoms with van der Waals surface area (Å²) in [4.78, 5) is 15.9. The van der Waals surface area contributed by atoms with Crippen LogP contribution in [0.4, 0.5) is 5.82 Å². The molecule has 1 saturated heterocycles. The van der Waals surface area contributed by atoms with Crippen LogP contribution >= 0.6 is 0 Å². The number of hydrogen-bond acceptors (Lipinski definition) is 4. The maximum Gasteiger partial charge on any atom is 0.161 e. The lowest BCUT2D eigenvalue weighted by molar-refractivity contribution is 0.402. The van der Waals surface area contributed by atoms with E-state index < -0.39 is 0 Å². The zero-order valence-electron chi connectivity index (χ0n) is 15.2. The molecule has 1 fully saturated rings. The van der Waals surface area contributed by atoms with Gasteiger partial charge in [-0.05, 0) is 49.8 Å². The third kappa shape index (κ3) is 3.90. The lowest BCUT2D eigenvalue weighted by Gasteiger charge is -2.33. The van der Waals surface area contributed by atoms with Gasteiger partial charge in [-0.2, -0.15) is 0 Å². The Bertz CT molecular complexity index is 841. The Hall–Kier alpha value is -2.75. The standard InChI is InChI=1S/C22H24N4/c1-17-15-21(25-22(24-17)20-7-11-23-12-8-20)26-13-9-19(10-14-26)16-18-5-3-2-4-6-18/h2-8,11-12,15,19H,9-10,13-14,16H2,1H3. The summed E-state index contributed by atoms with van der Waals surface area (Å²) in [5.41, 5.74) is 3.47. The Labute approximate surface area is 155 Å². The SMILES string of the molecule is Cc1cc(N2CCC(Cc3ccccc3)CC2)nc(-c2ccncc2)n1. The van der Waals surface area contributed by atoms with E-state index in [-0.39, 0.29) is 0 Å². The van der Waals surface area contributed by atoms with Crippen molar-refractivity contribution < 1.29 is 0 Å². The largest absolute Gasteiger partial charge is 0.356 e. The highest BCUT2D eigenvalue weighted by atomic mass is 15.2. The highest BCUT2D eigenvalue weighted by Gasteiger charge is 2.21. The summed E-state index contributed by atoms with van der Waals surface area (Å²) in [5.74, 6) is 2.59. The van der Waals surface area contributed by atoms with Gasteiger partial charge in [0, 0.05) is 42.8 Å². The van der Waals surface area contributed by atoms with E-state index in [0.29, 0.717) is 0 Å². The minimum atomic E-state index is 0.760. The summed E-state index contributed by atoms with van der Waals surface area (Å²) >= 11 is 0. The molecule has 0 amide bonds. The molecule has 132 valence electrons. The van der Waals surface area contributed by atoms with E-state index in [0.717, 1.165) is 41.9 Å².